The van der Waals surface area contributed by atoms with Crippen LogP contribution < -0.4 is 9.64 Å². The lowest BCUT2D eigenvalue weighted by Crippen LogP contribution is -2.47. The molecule has 0 radical (unpaired) electrons. The average Bonchev–Trinajstić information content (AvgIpc) is 3.11. The monoisotopic (exact) mass is 393 g/mol. The van der Waals surface area contributed by atoms with Crippen LogP contribution in [0.2, 0.25) is 0 Å². The summed E-state index contributed by atoms with van der Waals surface area (Å²) in [6.07, 6.45) is -1.62. The summed E-state index contributed by atoms with van der Waals surface area (Å²) in [6, 6.07) is 6.96. The van der Waals surface area contributed by atoms with Gasteiger partial charge in [0.1, 0.15) is 0 Å². The maximum absolute atomic E-state index is 14.6. The van der Waals surface area contributed by atoms with Crippen LogP contribution in [0.4, 0.5) is 23.2 Å². The fourth-order valence-electron chi connectivity index (χ4n) is 3.23. The normalized spacial score (nSPS) is 16.7. The third-order valence-corrected chi connectivity index (χ3v) is 4.66. The number of hydrogen-bond acceptors (Lipinski definition) is 3. The molecule has 9 heteroatoms. The summed E-state index contributed by atoms with van der Waals surface area (Å²) >= 11 is 0. The minimum Gasteiger partial charge on any atom is -0.490 e. The number of H-pyrrole nitrogens is 1. The second-order valence-electron chi connectivity index (χ2n) is 6.40. The first-order chi connectivity index (χ1) is 13.5. The molecular weight excluding hydrogens is 378 g/mol. The number of β-lactam (4-membered cyclic amide) rings is 1. The lowest BCUT2D eigenvalue weighted by molar-refractivity contribution is -0.124. The maximum atomic E-state index is 14.6. The molecule has 4 rings (SSSR count). The van der Waals surface area contributed by atoms with Crippen LogP contribution in [0.5, 0.6) is 5.75 Å². The highest BCUT2D eigenvalue weighted by Gasteiger charge is 2.40. The first kappa shape index (κ1) is 18.3. The molecule has 1 amide bonds. The Labute approximate surface area is 156 Å². The molecule has 2 aromatic carbocycles. The van der Waals surface area contributed by atoms with Crippen LogP contribution in [0.15, 0.2) is 36.7 Å². The Kier molecular flexibility index (Phi) is 4.66. The molecule has 0 bridgehead atoms. The van der Waals surface area contributed by atoms with E-state index in [1.54, 1.807) is 18.2 Å². The predicted octanol–water partition coefficient (Wildman–Crippen LogP) is 4.35. The number of fused-ring (bicyclic) bond motifs is 1. The standard InChI is InChI=1S/C19H15F4N3O2/c20-16(21)5-6-28-15-4-2-11(18(22)19(15)23)14-8-17(27)26(14)10-1-3-12-13(7-10)25-9-24-12/h1-4,7,9,14,16H,5-6,8H2,(H,24,25)/t14-/m1/s1. The fourth-order valence-corrected chi connectivity index (χ4v) is 3.23. The van der Waals surface area contributed by atoms with Crippen molar-refractivity contribution in [3.8, 4) is 5.75 Å². The van der Waals surface area contributed by atoms with Crippen LogP contribution in [-0.4, -0.2) is 28.9 Å². The van der Waals surface area contributed by atoms with Gasteiger partial charge in [0.15, 0.2) is 11.6 Å². The summed E-state index contributed by atoms with van der Waals surface area (Å²) < 4.78 is 58.1. The molecule has 5 nitrogen and oxygen atoms in total. The van der Waals surface area contributed by atoms with Crippen LogP contribution in [-0.2, 0) is 4.79 Å². The predicted molar refractivity (Wildman–Crippen MR) is 93.4 cm³/mol. The van der Waals surface area contributed by atoms with Gasteiger partial charge in [-0.1, -0.05) is 6.07 Å². The van der Waals surface area contributed by atoms with Gasteiger partial charge in [0, 0.05) is 17.7 Å². The van der Waals surface area contributed by atoms with Gasteiger partial charge in [-0.25, -0.2) is 18.2 Å². The van der Waals surface area contributed by atoms with E-state index in [9.17, 15) is 22.4 Å². The molecule has 0 aliphatic carbocycles. The highest BCUT2D eigenvalue weighted by molar-refractivity contribution is 6.02. The van der Waals surface area contributed by atoms with Crippen molar-refractivity contribution < 1.29 is 27.1 Å². The Morgan fingerprint density at radius 2 is 2.04 bits per heavy atom. The van der Waals surface area contributed by atoms with E-state index in [4.69, 9.17) is 4.74 Å². The van der Waals surface area contributed by atoms with Gasteiger partial charge in [-0.2, -0.15) is 4.39 Å². The minimum atomic E-state index is -2.59. The third kappa shape index (κ3) is 3.17. The van der Waals surface area contributed by atoms with Crippen LogP contribution in [0.1, 0.15) is 24.4 Å². The number of nitrogens with zero attached hydrogens (tertiary/aromatic N) is 2. The van der Waals surface area contributed by atoms with Gasteiger partial charge in [-0.15, -0.1) is 0 Å². The molecule has 1 atom stereocenters. The van der Waals surface area contributed by atoms with Crippen LogP contribution in [0.25, 0.3) is 11.0 Å². The van der Waals surface area contributed by atoms with Crippen molar-refractivity contribution in [2.45, 2.75) is 25.3 Å². The maximum Gasteiger partial charge on any atom is 0.241 e. The second kappa shape index (κ2) is 7.14. The number of alkyl halides is 2. The zero-order chi connectivity index (χ0) is 19.8. The van der Waals surface area contributed by atoms with E-state index in [-0.39, 0.29) is 17.9 Å². The Hall–Kier alpha value is -3.10. The minimum absolute atomic E-state index is 0.000402. The zero-order valence-corrected chi connectivity index (χ0v) is 14.5. The van der Waals surface area contributed by atoms with Crippen molar-refractivity contribution in [2.75, 3.05) is 11.5 Å². The van der Waals surface area contributed by atoms with Gasteiger partial charge < -0.3 is 14.6 Å². The number of hydrogen-bond donors (Lipinski definition) is 1. The van der Waals surface area contributed by atoms with Gasteiger partial charge in [0.05, 0.1) is 36.4 Å². The van der Waals surface area contributed by atoms with Crippen LogP contribution in [0, 0.1) is 11.6 Å². The third-order valence-electron chi connectivity index (χ3n) is 4.66. The first-order valence-corrected chi connectivity index (χ1v) is 8.59. The van der Waals surface area contributed by atoms with Gasteiger partial charge in [-0.3, -0.25) is 4.79 Å². The highest BCUT2D eigenvalue weighted by atomic mass is 19.3. The lowest BCUT2D eigenvalue weighted by atomic mass is 9.92. The largest absolute Gasteiger partial charge is 0.490 e. The number of halogens is 4. The van der Waals surface area contributed by atoms with E-state index in [0.717, 1.165) is 5.52 Å². The lowest BCUT2D eigenvalue weighted by Gasteiger charge is -2.40. The molecular formula is C19H15F4N3O2. The van der Waals surface area contributed by atoms with Gasteiger partial charge in [0.2, 0.25) is 18.1 Å². The van der Waals surface area contributed by atoms with E-state index < -0.39 is 42.9 Å². The molecule has 1 aliphatic rings. The quantitative estimate of drug-likeness (QED) is 0.500. The Bertz CT molecular complexity index is 1040. The van der Waals surface area contributed by atoms with Gasteiger partial charge >= 0.3 is 0 Å². The Morgan fingerprint density at radius 1 is 1.21 bits per heavy atom. The Morgan fingerprint density at radius 3 is 2.79 bits per heavy atom. The second-order valence-corrected chi connectivity index (χ2v) is 6.40. The smallest absolute Gasteiger partial charge is 0.241 e. The number of aromatic amines is 1. The molecule has 0 spiro atoms. The molecule has 2 heterocycles. The SMILES string of the molecule is O=C1C[C@H](c2ccc(OCCC(F)F)c(F)c2F)N1c1ccc2[nH]cnc2c1. The zero-order valence-electron chi connectivity index (χ0n) is 14.5. The number of aromatic nitrogens is 2. The molecule has 1 saturated heterocycles. The summed E-state index contributed by atoms with van der Waals surface area (Å²) in [6.45, 7) is -0.426. The van der Waals surface area contributed by atoms with E-state index in [1.165, 1.54) is 23.4 Å². The number of carbonyl (C=O) groups is 1. The first-order valence-electron chi connectivity index (χ1n) is 8.59. The van der Waals surface area contributed by atoms with Crippen molar-refractivity contribution >= 4 is 22.6 Å². The molecule has 0 saturated carbocycles. The molecule has 146 valence electrons. The number of nitrogens with one attached hydrogen (secondary N) is 1. The van der Waals surface area contributed by atoms with Crippen LogP contribution >= 0.6 is 0 Å². The molecule has 3 aromatic rings. The topological polar surface area (TPSA) is 58.2 Å². The van der Waals surface area contributed by atoms with Crippen molar-refractivity contribution in [3.63, 3.8) is 0 Å². The van der Waals surface area contributed by atoms with Crippen molar-refractivity contribution in [2.24, 2.45) is 0 Å². The number of anilines is 1. The molecule has 1 N–H and O–H groups in total. The number of ether oxygens (including phenoxy) is 1. The summed E-state index contributed by atoms with van der Waals surface area (Å²) in [5, 5.41) is 0. The summed E-state index contributed by atoms with van der Waals surface area (Å²) in [5.74, 6) is -3.07. The molecule has 1 aliphatic heterocycles. The number of imidazole rings is 1. The number of benzene rings is 2. The van der Waals surface area contributed by atoms with E-state index in [1.807, 2.05) is 0 Å². The average molecular weight is 393 g/mol. The fraction of sp³-hybridized carbons (Fsp3) is 0.263. The van der Waals surface area contributed by atoms with E-state index in [2.05, 4.69) is 9.97 Å². The number of amides is 1. The number of carbonyl (C=O) groups excluding carboxylic acids is 1. The summed E-state index contributed by atoms with van der Waals surface area (Å²) in [7, 11) is 0. The summed E-state index contributed by atoms with van der Waals surface area (Å²) in [5.41, 5.74) is 1.96. The number of rotatable bonds is 6. The molecule has 1 aromatic heterocycles. The van der Waals surface area contributed by atoms with Crippen molar-refractivity contribution in [3.05, 3.63) is 53.9 Å². The van der Waals surface area contributed by atoms with Crippen molar-refractivity contribution in [1.29, 1.82) is 0 Å². The molecule has 0 unspecified atom stereocenters. The van der Waals surface area contributed by atoms with Crippen molar-refractivity contribution in [1.82, 2.24) is 9.97 Å². The Balaban J connectivity index is 1.59. The van der Waals surface area contributed by atoms with Gasteiger partial charge in [-0.05, 0) is 24.3 Å². The van der Waals surface area contributed by atoms with E-state index >= 15 is 0 Å². The van der Waals surface area contributed by atoms with E-state index in [0.29, 0.717) is 11.2 Å². The van der Waals surface area contributed by atoms with Crippen LogP contribution in [0.3, 0.4) is 0 Å². The molecule has 28 heavy (non-hydrogen) atoms. The highest BCUT2D eigenvalue weighted by Crippen LogP contribution is 2.41. The van der Waals surface area contributed by atoms with Gasteiger partial charge in [0.25, 0.3) is 0 Å². The summed E-state index contributed by atoms with van der Waals surface area (Å²) in [4.78, 5) is 20.6. The molecule has 1 fully saturated rings.